The lowest BCUT2D eigenvalue weighted by atomic mass is 9.72. The molecule has 4 nitrogen and oxygen atoms in total. The van der Waals surface area contributed by atoms with Gasteiger partial charge in [-0.1, -0.05) is 127 Å². The molecular weight excluding hydrogens is 599 g/mol. The fourth-order valence-electron chi connectivity index (χ4n) is 7.79. The van der Waals surface area contributed by atoms with E-state index in [-0.39, 0.29) is 11.8 Å². The Labute approximate surface area is 284 Å². The van der Waals surface area contributed by atoms with Gasteiger partial charge in [-0.15, -0.1) is 0 Å². The molecule has 0 radical (unpaired) electrons. The van der Waals surface area contributed by atoms with Crippen molar-refractivity contribution in [3.05, 3.63) is 180 Å². The molecule has 0 saturated carbocycles. The minimum absolute atomic E-state index is 0.137. The van der Waals surface area contributed by atoms with Crippen LogP contribution in [-0.2, 0) is 6.42 Å². The van der Waals surface area contributed by atoms with Crippen LogP contribution in [0.2, 0.25) is 0 Å². The minimum atomic E-state index is 0.137. The zero-order chi connectivity index (χ0) is 32.3. The first-order valence-electron chi connectivity index (χ1n) is 17.0. The Morgan fingerprint density at radius 1 is 0.592 bits per heavy atom. The van der Waals surface area contributed by atoms with E-state index in [4.69, 9.17) is 19.4 Å². The maximum absolute atomic E-state index is 6.62. The maximum atomic E-state index is 6.62. The van der Waals surface area contributed by atoms with Crippen molar-refractivity contribution in [3.8, 4) is 22.5 Å². The Hall–Kier alpha value is -6.13. The summed E-state index contributed by atoms with van der Waals surface area (Å²) in [5, 5.41) is 3.55. The first-order valence-corrected chi connectivity index (χ1v) is 17.0. The van der Waals surface area contributed by atoms with Crippen LogP contribution in [-0.4, -0.2) is 15.0 Å². The fraction of sp³-hybridized carbons (Fsp3) is 0.0889. The molecule has 232 valence electrons. The van der Waals surface area contributed by atoms with Crippen molar-refractivity contribution in [2.45, 2.75) is 18.8 Å². The quantitative estimate of drug-likeness (QED) is 0.194. The summed E-state index contributed by atoms with van der Waals surface area (Å²) in [5.74, 6) is 3.42. The molecule has 4 heteroatoms. The van der Waals surface area contributed by atoms with Crippen LogP contribution in [0, 0.1) is 5.92 Å². The van der Waals surface area contributed by atoms with Crippen molar-refractivity contribution in [2.24, 2.45) is 5.92 Å². The number of aromatic nitrogens is 3. The van der Waals surface area contributed by atoms with E-state index in [1.807, 2.05) is 18.2 Å². The molecule has 3 aliphatic rings. The summed E-state index contributed by atoms with van der Waals surface area (Å²) < 4.78 is 6.62. The number of hydrogen-bond donors (Lipinski definition) is 0. The predicted octanol–water partition coefficient (Wildman–Crippen LogP) is 10.9. The molecule has 0 bridgehead atoms. The summed E-state index contributed by atoms with van der Waals surface area (Å²) >= 11 is 0. The Balaban J connectivity index is 1.12. The Kier molecular flexibility index (Phi) is 6.41. The number of fused-ring (bicyclic) bond motifs is 7. The third-order valence-corrected chi connectivity index (χ3v) is 10.2. The van der Waals surface area contributed by atoms with Gasteiger partial charge in [-0.05, 0) is 63.7 Å². The minimum Gasteiger partial charge on any atom is -0.460 e. The zero-order valence-corrected chi connectivity index (χ0v) is 26.8. The van der Waals surface area contributed by atoms with Crippen LogP contribution in [0.5, 0.6) is 0 Å². The summed E-state index contributed by atoms with van der Waals surface area (Å²) in [7, 11) is 0. The van der Waals surface area contributed by atoms with Gasteiger partial charge in [-0.25, -0.2) is 15.0 Å². The molecule has 2 aromatic heterocycles. The van der Waals surface area contributed by atoms with E-state index in [0.717, 1.165) is 57.4 Å². The molecule has 0 saturated heterocycles. The normalized spacial score (nSPS) is 17.7. The van der Waals surface area contributed by atoms with Gasteiger partial charge in [0.05, 0.1) is 0 Å². The highest BCUT2D eigenvalue weighted by Crippen LogP contribution is 2.46. The molecule has 2 heterocycles. The second-order valence-corrected chi connectivity index (χ2v) is 13.1. The van der Waals surface area contributed by atoms with Crippen LogP contribution < -0.4 is 0 Å². The SMILES string of the molecule is C1=CC2C(c3nc(C4=CCCc5oc6cc(-c7ccc8ccccc8c7)ccc6c54)nc(-c4ccccc4)n3)=Cc3ccccc3C2C=C1. The van der Waals surface area contributed by atoms with Crippen LogP contribution in [0.15, 0.2) is 150 Å². The van der Waals surface area contributed by atoms with Crippen molar-refractivity contribution in [1.82, 2.24) is 15.0 Å². The van der Waals surface area contributed by atoms with Crippen molar-refractivity contribution in [3.63, 3.8) is 0 Å². The Morgan fingerprint density at radius 3 is 2.24 bits per heavy atom. The summed E-state index contributed by atoms with van der Waals surface area (Å²) in [6, 6.07) is 40.6. The van der Waals surface area contributed by atoms with E-state index in [1.165, 1.54) is 27.5 Å². The van der Waals surface area contributed by atoms with Gasteiger partial charge in [0.25, 0.3) is 0 Å². The number of allylic oxidation sites excluding steroid dienone is 6. The van der Waals surface area contributed by atoms with Crippen molar-refractivity contribution in [1.29, 1.82) is 0 Å². The van der Waals surface area contributed by atoms with Gasteiger partial charge in [0.15, 0.2) is 17.5 Å². The molecule has 0 amide bonds. The van der Waals surface area contributed by atoms with E-state index in [0.29, 0.717) is 17.5 Å². The standard InChI is InChI=1S/C45H31N3O/c1-2-12-29(13-3-1)43-46-44(48-45(47-43)39-26-33-15-6-7-16-34(33)35-17-8-9-18-36(35)39)38-19-10-20-40-42(38)37-24-23-32(27-41(37)49-40)31-22-21-28-11-4-5-14-30(28)25-31/h1-9,11-19,21-27,35-36H,10,20H2. The van der Waals surface area contributed by atoms with Crippen molar-refractivity contribution >= 4 is 39.0 Å². The number of nitrogens with zero attached hydrogens (tertiary/aromatic N) is 3. The number of benzene rings is 5. The molecule has 10 rings (SSSR count). The highest BCUT2D eigenvalue weighted by molar-refractivity contribution is 5.99. The topological polar surface area (TPSA) is 51.8 Å². The molecule has 0 fully saturated rings. The van der Waals surface area contributed by atoms with Crippen LogP contribution in [0.1, 0.15) is 46.4 Å². The summed E-state index contributed by atoms with van der Waals surface area (Å²) in [4.78, 5) is 15.6. The van der Waals surface area contributed by atoms with Crippen LogP contribution in [0.4, 0.5) is 0 Å². The van der Waals surface area contributed by atoms with Gasteiger partial charge in [0.1, 0.15) is 11.3 Å². The molecule has 2 unspecified atom stereocenters. The molecule has 49 heavy (non-hydrogen) atoms. The van der Waals surface area contributed by atoms with E-state index in [1.54, 1.807) is 0 Å². The molecule has 3 aliphatic carbocycles. The first-order chi connectivity index (χ1) is 24.3. The van der Waals surface area contributed by atoms with Crippen LogP contribution >= 0.6 is 0 Å². The number of hydrogen-bond acceptors (Lipinski definition) is 4. The van der Waals surface area contributed by atoms with E-state index in [2.05, 4.69) is 134 Å². The van der Waals surface area contributed by atoms with Crippen LogP contribution in [0.3, 0.4) is 0 Å². The molecule has 0 N–H and O–H groups in total. The van der Waals surface area contributed by atoms with Gasteiger partial charge in [-0.2, -0.15) is 0 Å². The zero-order valence-electron chi connectivity index (χ0n) is 26.8. The second-order valence-electron chi connectivity index (χ2n) is 13.1. The predicted molar refractivity (Wildman–Crippen MR) is 199 cm³/mol. The second kappa shape index (κ2) is 11.2. The largest absolute Gasteiger partial charge is 0.460 e. The van der Waals surface area contributed by atoms with Crippen LogP contribution in [0.25, 0.3) is 61.5 Å². The lowest BCUT2D eigenvalue weighted by Crippen LogP contribution is -2.20. The molecule has 5 aromatic carbocycles. The summed E-state index contributed by atoms with van der Waals surface area (Å²) in [6.07, 6.45) is 15.1. The third-order valence-electron chi connectivity index (χ3n) is 10.2. The van der Waals surface area contributed by atoms with E-state index >= 15 is 0 Å². The highest BCUT2D eigenvalue weighted by atomic mass is 16.3. The molecule has 2 atom stereocenters. The smallest absolute Gasteiger partial charge is 0.164 e. The van der Waals surface area contributed by atoms with Crippen molar-refractivity contribution in [2.75, 3.05) is 0 Å². The maximum Gasteiger partial charge on any atom is 0.164 e. The molecule has 0 spiro atoms. The highest BCUT2D eigenvalue weighted by Gasteiger charge is 2.33. The number of rotatable bonds is 4. The third kappa shape index (κ3) is 4.71. The Bertz CT molecular complexity index is 2570. The average Bonchev–Trinajstić information content (AvgIpc) is 3.56. The van der Waals surface area contributed by atoms with Gasteiger partial charge in [0, 0.05) is 45.9 Å². The van der Waals surface area contributed by atoms with E-state index in [9.17, 15) is 0 Å². The summed E-state index contributed by atoms with van der Waals surface area (Å²) in [5.41, 5.74) is 9.91. The van der Waals surface area contributed by atoms with Gasteiger partial charge < -0.3 is 4.42 Å². The van der Waals surface area contributed by atoms with Gasteiger partial charge >= 0.3 is 0 Å². The molecule has 7 aromatic rings. The lowest BCUT2D eigenvalue weighted by molar-refractivity contribution is 0.545. The first kappa shape index (κ1) is 27.9. The fourth-order valence-corrected chi connectivity index (χ4v) is 7.79. The number of aryl methyl sites for hydroxylation is 1. The van der Waals surface area contributed by atoms with Gasteiger partial charge in [0.2, 0.25) is 0 Å². The average molecular weight is 630 g/mol. The van der Waals surface area contributed by atoms with E-state index < -0.39 is 0 Å². The summed E-state index contributed by atoms with van der Waals surface area (Å²) in [6.45, 7) is 0. The lowest BCUT2D eigenvalue weighted by Gasteiger charge is -2.32. The van der Waals surface area contributed by atoms with Crippen molar-refractivity contribution < 1.29 is 4.42 Å². The Morgan fingerprint density at radius 2 is 1.33 bits per heavy atom. The number of furan rings is 1. The van der Waals surface area contributed by atoms with Gasteiger partial charge in [-0.3, -0.25) is 0 Å². The monoisotopic (exact) mass is 629 g/mol. The molecule has 0 aliphatic heterocycles. The molecular formula is C45H31N3O.